The molecule has 8 nitrogen and oxygen atoms in total. The van der Waals surface area contributed by atoms with Crippen LogP contribution in [0.25, 0.3) is 10.4 Å². The largest absolute Gasteiger partial charge is 0.455 e. The highest BCUT2D eigenvalue weighted by Gasteiger charge is 2.47. The summed E-state index contributed by atoms with van der Waals surface area (Å²) in [5.74, 6) is -0.504. The summed E-state index contributed by atoms with van der Waals surface area (Å²) in [6, 6.07) is 17.4. The van der Waals surface area contributed by atoms with Crippen molar-refractivity contribution < 1.29 is 23.7 Å². The van der Waals surface area contributed by atoms with Gasteiger partial charge in [0.05, 0.1) is 18.8 Å². The molecule has 2 aromatic carbocycles. The van der Waals surface area contributed by atoms with E-state index >= 15 is 0 Å². The number of benzene rings is 2. The first-order valence-corrected chi connectivity index (χ1v) is 9.00. The Labute approximate surface area is 161 Å². The Balaban J connectivity index is 1.57. The summed E-state index contributed by atoms with van der Waals surface area (Å²) in [7, 11) is 0. The lowest BCUT2D eigenvalue weighted by molar-refractivity contribution is -0.301. The van der Waals surface area contributed by atoms with Crippen LogP contribution >= 0.6 is 0 Å². The SMILES string of the molecule is [N-]=[N+]=NC1COC2COC(c3ccccc3)O[C@@H]2[C@@H]1OC(=O)c1ccccc1. The summed E-state index contributed by atoms with van der Waals surface area (Å²) in [6.45, 7) is 0.410. The number of esters is 1. The van der Waals surface area contributed by atoms with Crippen molar-refractivity contribution in [1.29, 1.82) is 0 Å². The van der Waals surface area contributed by atoms with Crippen LogP contribution in [0.3, 0.4) is 0 Å². The summed E-state index contributed by atoms with van der Waals surface area (Å²) in [5, 5.41) is 3.76. The number of hydrogen-bond acceptors (Lipinski definition) is 6. The normalized spacial score (nSPS) is 29.2. The van der Waals surface area contributed by atoms with Crippen molar-refractivity contribution in [3.05, 3.63) is 82.2 Å². The Bertz CT molecular complexity index is 857. The van der Waals surface area contributed by atoms with Gasteiger partial charge >= 0.3 is 5.97 Å². The highest BCUT2D eigenvalue weighted by Crippen LogP contribution is 2.34. The molecule has 2 fully saturated rings. The molecule has 4 rings (SSSR count). The molecular weight excluding hydrogens is 362 g/mol. The molecule has 3 unspecified atom stereocenters. The van der Waals surface area contributed by atoms with E-state index in [1.807, 2.05) is 36.4 Å². The third kappa shape index (κ3) is 3.85. The lowest BCUT2D eigenvalue weighted by Crippen LogP contribution is -2.59. The van der Waals surface area contributed by atoms with Crippen LogP contribution in [0.15, 0.2) is 65.8 Å². The first kappa shape index (κ1) is 18.5. The maximum atomic E-state index is 12.6. The minimum Gasteiger partial charge on any atom is -0.455 e. The number of carbonyl (C=O) groups is 1. The Hall–Kier alpha value is -2.90. The van der Waals surface area contributed by atoms with Gasteiger partial charge in [-0.3, -0.25) is 0 Å². The summed E-state index contributed by atoms with van der Waals surface area (Å²) < 4.78 is 23.3. The van der Waals surface area contributed by atoms with Gasteiger partial charge in [0.1, 0.15) is 24.4 Å². The molecule has 5 atom stereocenters. The van der Waals surface area contributed by atoms with E-state index in [1.54, 1.807) is 24.3 Å². The van der Waals surface area contributed by atoms with Crippen molar-refractivity contribution in [1.82, 2.24) is 0 Å². The van der Waals surface area contributed by atoms with Gasteiger partial charge in [0, 0.05) is 10.5 Å². The van der Waals surface area contributed by atoms with Gasteiger partial charge in [0.15, 0.2) is 6.29 Å². The number of ether oxygens (including phenoxy) is 4. The van der Waals surface area contributed by atoms with Crippen LogP contribution in [0.2, 0.25) is 0 Å². The molecule has 0 aromatic heterocycles. The van der Waals surface area contributed by atoms with Crippen LogP contribution < -0.4 is 0 Å². The van der Waals surface area contributed by atoms with E-state index in [-0.39, 0.29) is 13.2 Å². The summed E-state index contributed by atoms with van der Waals surface area (Å²) >= 11 is 0. The first-order chi connectivity index (χ1) is 13.8. The summed E-state index contributed by atoms with van der Waals surface area (Å²) in [6.07, 6.45) is -2.43. The van der Waals surface area contributed by atoms with Crippen LogP contribution in [0.4, 0.5) is 0 Å². The molecule has 0 aliphatic carbocycles. The van der Waals surface area contributed by atoms with Crippen molar-refractivity contribution in [2.75, 3.05) is 13.2 Å². The molecule has 28 heavy (non-hydrogen) atoms. The zero-order valence-electron chi connectivity index (χ0n) is 15.0. The van der Waals surface area contributed by atoms with Gasteiger partial charge in [-0.25, -0.2) is 4.79 Å². The topological polar surface area (TPSA) is 103 Å². The third-order valence-corrected chi connectivity index (χ3v) is 4.77. The van der Waals surface area contributed by atoms with Gasteiger partial charge in [0.25, 0.3) is 0 Å². The highest BCUT2D eigenvalue weighted by molar-refractivity contribution is 5.89. The molecule has 0 saturated carbocycles. The minimum absolute atomic E-state index is 0.126. The average molecular weight is 381 g/mol. The van der Waals surface area contributed by atoms with Crippen LogP contribution in [0, 0.1) is 0 Å². The molecule has 2 aliphatic rings. The van der Waals surface area contributed by atoms with E-state index in [0.717, 1.165) is 5.56 Å². The zero-order valence-corrected chi connectivity index (χ0v) is 15.0. The van der Waals surface area contributed by atoms with Gasteiger partial charge in [-0.15, -0.1) is 0 Å². The molecule has 2 saturated heterocycles. The van der Waals surface area contributed by atoms with Crippen LogP contribution in [-0.2, 0) is 18.9 Å². The molecule has 0 amide bonds. The van der Waals surface area contributed by atoms with E-state index in [0.29, 0.717) is 5.56 Å². The second kappa shape index (κ2) is 8.41. The molecule has 0 radical (unpaired) electrons. The van der Waals surface area contributed by atoms with E-state index in [4.69, 9.17) is 24.5 Å². The van der Waals surface area contributed by atoms with Crippen LogP contribution in [0.1, 0.15) is 22.2 Å². The molecule has 0 spiro atoms. The van der Waals surface area contributed by atoms with Crippen molar-refractivity contribution in [2.45, 2.75) is 30.6 Å². The van der Waals surface area contributed by atoms with Crippen molar-refractivity contribution in [3.63, 3.8) is 0 Å². The first-order valence-electron chi connectivity index (χ1n) is 9.00. The Morgan fingerprint density at radius 1 is 1.04 bits per heavy atom. The molecule has 2 aliphatic heterocycles. The lowest BCUT2D eigenvalue weighted by Gasteiger charge is -2.44. The third-order valence-electron chi connectivity index (χ3n) is 4.77. The molecular formula is C20H19N3O5. The smallest absolute Gasteiger partial charge is 0.338 e. The van der Waals surface area contributed by atoms with Crippen molar-refractivity contribution >= 4 is 5.97 Å². The minimum atomic E-state index is -0.780. The number of carbonyl (C=O) groups excluding carboxylic acids is 1. The standard InChI is InChI=1S/C20H19N3O5/c21-23-22-15-11-25-16-12-26-20(14-9-5-2-6-10-14)28-18(16)17(15)27-19(24)13-7-3-1-4-8-13/h1-10,15-18,20H,11-12H2/t15?,16?,17-,18+,20?/m1/s1. The number of azide groups is 1. The van der Waals surface area contributed by atoms with Gasteiger partial charge < -0.3 is 18.9 Å². The monoisotopic (exact) mass is 381 g/mol. The van der Waals surface area contributed by atoms with E-state index < -0.39 is 36.6 Å². The zero-order chi connectivity index (χ0) is 19.3. The maximum absolute atomic E-state index is 12.6. The molecule has 2 heterocycles. The highest BCUT2D eigenvalue weighted by atomic mass is 16.7. The van der Waals surface area contributed by atoms with E-state index in [1.165, 1.54) is 0 Å². The van der Waals surface area contributed by atoms with Crippen LogP contribution in [-0.4, -0.2) is 43.5 Å². The number of rotatable bonds is 4. The second-order valence-corrected chi connectivity index (χ2v) is 6.56. The number of fused-ring (bicyclic) bond motifs is 1. The van der Waals surface area contributed by atoms with Gasteiger partial charge in [0.2, 0.25) is 0 Å². The predicted molar refractivity (Wildman–Crippen MR) is 98.3 cm³/mol. The molecule has 0 bridgehead atoms. The molecule has 0 N–H and O–H groups in total. The number of nitrogens with zero attached hydrogens (tertiary/aromatic N) is 3. The fourth-order valence-electron chi connectivity index (χ4n) is 3.38. The second-order valence-electron chi connectivity index (χ2n) is 6.56. The summed E-state index contributed by atoms with van der Waals surface area (Å²) in [5.41, 5.74) is 10.2. The lowest BCUT2D eigenvalue weighted by atomic mass is 9.97. The van der Waals surface area contributed by atoms with Gasteiger partial charge in [-0.1, -0.05) is 53.6 Å². The van der Waals surface area contributed by atoms with Crippen molar-refractivity contribution in [3.8, 4) is 0 Å². The maximum Gasteiger partial charge on any atom is 0.338 e. The molecule has 8 heteroatoms. The Kier molecular flexibility index (Phi) is 5.55. The van der Waals surface area contributed by atoms with Crippen molar-refractivity contribution in [2.24, 2.45) is 5.11 Å². The molecule has 144 valence electrons. The fraction of sp³-hybridized carbons (Fsp3) is 0.350. The van der Waals surface area contributed by atoms with Gasteiger partial charge in [-0.05, 0) is 17.7 Å². The quantitative estimate of drug-likeness (QED) is 0.349. The average Bonchev–Trinajstić information content (AvgIpc) is 2.76. The van der Waals surface area contributed by atoms with E-state index in [2.05, 4.69) is 10.0 Å². The summed E-state index contributed by atoms with van der Waals surface area (Å²) in [4.78, 5) is 15.5. The molecule has 2 aromatic rings. The van der Waals surface area contributed by atoms with Crippen LogP contribution in [0.5, 0.6) is 0 Å². The number of hydrogen-bond donors (Lipinski definition) is 0. The fourth-order valence-corrected chi connectivity index (χ4v) is 3.38. The Morgan fingerprint density at radius 2 is 1.75 bits per heavy atom. The van der Waals surface area contributed by atoms with Gasteiger partial charge in [-0.2, -0.15) is 0 Å². The Morgan fingerprint density at radius 3 is 2.46 bits per heavy atom. The predicted octanol–water partition coefficient (Wildman–Crippen LogP) is 3.40. The van der Waals surface area contributed by atoms with E-state index in [9.17, 15) is 4.79 Å².